The molecule has 0 aliphatic heterocycles. The molecule has 0 bridgehead atoms. The van der Waals surface area contributed by atoms with Crippen LogP contribution in [-0.4, -0.2) is 73.4 Å². The molecule has 47 heavy (non-hydrogen) atoms. The van der Waals surface area contributed by atoms with Crippen LogP contribution in [0.15, 0.2) is 60.7 Å². The fraction of sp³-hybridized carbons (Fsp3) is 0.484. The second-order valence-electron chi connectivity index (χ2n) is 11.9. The zero-order valence-corrected chi connectivity index (χ0v) is 27.9. The first kappa shape index (κ1) is 37.3. The molecule has 3 rings (SSSR count). The molecule has 0 radical (unpaired) electrons. The first-order valence-corrected chi connectivity index (χ1v) is 17.3. The lowest BCUT2D eigenvalue weighted by atomic mass is 9.82. The Kier molecular flexibility index (Phi) is 13.6. The van der Waals surface area contributed by atoms with Crippen molar-refractivity contribution in [3.8, 4) is 0 Å². The highest BCUT2D eigenvalue weighted by Gasteiger charge is 2.43. The van der Waals surface area contributed by atoms with Crippen molar-refractivity contribution in [3.05, 3.63) is 71.8 Å². The van der Waals surface area contributed by atoms with Crippen LogP contribution in [0.25, 0.3) is 0 Å². The molecule has 0 spiro atoms. The quantitative estimate of drug-likeness (QED) is 0.229. The van der Waals surface area contributed by atoms with Crippen LogP contribution in [0.2, 0.25) is 6.04 Å². The van der Waals surface area contributed by atoms with E-state index in [-0.39, 0.29) is 32.2 Å². The standard InChI is InChI=1S/C31H41F3N4O8Si/c1-5-47(38(44-20-23-14-10-7-11-15-23)29(42)43-19-22-12-8-6-9-13-22)21-37(28(41)46-30(2,3)4)18-26(39)35-36-27(40)24-16-25(17-24)45-31(32,33)34/h6-15,24-25,47H,5,16-21H2,1-4H3,(H,35,39)(H,36,40)/t24-,25+,47-/m0/s1. The average Bonchev–Trinajstić information content (AvgIpc) is 2.99. The second kappa shape index (κ2) is 17.1. The summed E-state index contributed by atoms with van der Waals surface area (Å²) in [5.41, 5.74) is 5.02. The lowest BCUT2D eigenvalue weighted by Gasteiger charge is -2.34. The fourth-order valence-corrected chi connectivity index (χ4v) is 6.66. The SMILES string of the molecule is CC[Si@@H](CN(CC(=O)NNC(=O)[C@H]1C[C@@H](OC(F)(F)F)C1)C(=O)OC(C)(C)C)N(OCc1ccccc1)C(=O)OCc1ccccc1. The van der Waals surface area contributed by atoms with Gasteiger partial charge in [0, 0.05) is 12.1 Å². The van der Waals surface area contributed by atoms with Gasteiger partial charge in [0.2, 0.25) is 14.9 Å². The zero-order valence-electron chi connectivity index (χ0n) is 26.7. The number of alkyl halides is 3. The molecule has 2 aromatic carbocycles. The van der Waals surface area contributed by atoms with Crippen LogP contribution in [0.4, 0.5) is 22.8 Å². The Balaban J connectivity index is 1.69. The van der Waals surface area contributed by atoms with Crippen molar-refractivity contribution in [2.24, 2.45) is 5.92 Å². The van der Waals surface area contributed by atoms with E-state index < -0.39 is 63.5 Å². The predicted molar refractivity (Wildman–Crippen MR) is 165 cm³/mol. The molecule has 2 N–H and O–H groups in total. The molecule has 0 heterocycles. The second-order valence-corrected chi connectivity index (χ2v) is 14.9. The Morgan fingerprint density at radius 2 is 1.45 bits per heavy atom. The highest BCUT2D eigenvalue weighted by Crippen LogP contribution is 2.34. The Labute approximate surface area is 273 Å². The van der Waals surface area contributed by atoms with Crippen LogP contribution in [0.1, 0.15) is 51.7 Å². The molecule has 1 fully saturated rings. The number of nitrogens with one attached hydrogen (secondary N) is 2. The van der Waals surface area contributed by atoms with Gasteiger partial charge in [-0.1, -0.05) is 67.6 Å². The minimum absolute atomic E-state index is 0.0162. The van der Waals surface area contributed by atoms with Gasteiger partial charge in [0.05, 0.1) is 12.7 Å². The van der Waals surface area contributed by atoms with Gasteiger partial charge in [-0.25, -0.2) is 14.3 Å². The number of nitrogens with zero attached hydrogens (tertiary/aromatic N) is 2. The molecule has 1 aliphatic carbocycles. The van der Waals surface area contributed by atoms with Gasteiger partial charge in [0.1, 0.15) is 18.8 Å². The summed E-state index contributed by atoms with van der Waals surface area (Å²) in [6.45, 7) is 6.25. The summed E-state index contributed by atoms with van der Waals surface area (Å²) in [5.74, 6) is -2.26. The van der Waals surface area contributed by atoms with Gasteiger partial charge in [-0.15, -0.1) is 13.2 Å². The molecule has 258 valence electrons. The van der Waals surface area contributed by atoms with E-state index in [0.29, 0.717) is 6.04 Å². The lowest BCUT2D eigenvalue weighted by Crippen LogP contribution is -2.56. The number of hydrogen-bond donors (Lipinski definition) is 2. The average molecular weight is 683 g/mol. The number of hydroxylamine groups is 1. The summed E-state index contributed by atoms with van der Waals surface area (Å²) in [6, 6.07) is 18.6. The highest BCUT2D eigenvalue weighted by atomic mass is 28.3. The summed E-state index contributed by atoms with van der Waals surface area (Å²) in [4.78, 5) is 59.0. The number of rotatable bonds is 13. The lowest BCUT2D eigenvalue weighted by molar-refractivity contribution is -0.353. The number of halogens is 3. The normalized spacial score (nSPS) is 16.7. The van der Waals surface area contributed by atoms with E-state index in [0.717, 1.165) is 16.0 Å². The predicted octanol–water partition coefficient (Wildman–Crippen LogP) is 4.74. The molecule has 0 unspecified atom stereocenters. The maximum atomic E-state index is 13.4. The smallest absolute Gasteiger partial charge is 0.444 e. The summed E-state index contributed by atoms with van der Waals surface area (Å²) < 4.78 is 53.3. The molecule has 2 aromatic rings. The maximum Gasteiger partial charge on any atom is 0.522 e. The summed E-state index contributed by atoms with van der Waals surface area (Å²) in [5, 5.41) is 0. The highest BCUT2D eigenvalue weighted by molar-refractivity contribution is 6.58. The van der Waals surface area contributed by atoms with Crippen molar-refractivity contribution >= 4 is 33.0 Å². The minimum Gasteiger partial charge on any atom is -0.444 e. The van der Waals surface area contributed by atoms with Gasteiger partial charge in [0.15, 0.2) is 0 Å². The van der Waals surface area contributed by atoms with E-state index in [4.69, 9.17) is 14.3 Å². The topological polar surface area (TPSA) is 136 Å². The number of hydrazine groups is 1. The van der Waals surface area contributed by atoms with Crippen LogP contribution in [0.3, 0.4) is 0 Å². The van der Waals surface area contributed by atoms with E-state index in [1.54, 1.807) is 32.9 Å². The van der Waals surface area contributed by atoms with Crippen LogP contribution in [0, 0.1) is 5.92 Å². The van der Waals surface area contributed by atoms with E-state index in [9.17, 15) is 32.3 Å². The number of amides is 4. The number of hydrogen-bond acceptors (Lipinski definition) is 8. The third kappa shape index (κ3) is 13.2. The molecule has 0 saturated heterocycles. The molecule has 12 nitrogen and oxygen atoms in total. The van der Waals surface area contributed by atoms with Crippen molar-refractivity contribution in [1.82, 2.24) is 20.5 Å². The first-order chi connectivity index (χ1) is 22.1. The maximum absolute atomic E-state index is 13.4. The van der Waals surface area contributed by atoms with Crippen LogP contribution >= 0.6 is 0 Å². The molecule has 1 saturated carbocycles. The van der Waals surface area contributed by atoms with Gasteiger partial charge < -0.3 is 9.47 Å². The zero-order chi connectivity index (χ0) is 34.6. The fourth-order valence-electron chi connectivity index (χ4n) is 4.47. The van der Waals surface area contributed by atoms with Crippen molar-refractivity contribution in [2.45, 2.75) is 77.9 Å². The molecular formula is C31H41F3N4O8Si. The van der Waals surface area contributed by atoms with Crippen molar-refractivity contribution < 1.29 is 51.4 Å². The molecule has 1 atom stereocenters. The van der Waals surface area contributed by atoms with Crippen LogP contribution in [-0.2, 0) is 41.9 Å². The van der Waals surface area contributed by atoms with Gasteiger partial charge in [-0.05, 0) is 50.8 Å². The summed E-state index contributed by atoms with van der Waals surface area (Å²) in [7, 11) is -2.58. The monoisotopic (exact) mass is 682 g/mol. The number of carbonyl (C=O) groups excluding carboxylic acids is 4. The van der Waals surface area contributed by atoms with Crippen molar-refractivity contribution in [2.75, 3.05) is 12.7 Å². The van der Waals surface area contributed by atoms with Crippen molar-refractivity contribution in [1.29, 1.82) is 0 Å². The Morgan fingerprint density at radius 1 is 0.872 bits per heavy atom. The van der Waals surface area contributed by atoms with E-state index >= 15 is 0 Å². The number of carbonyl (C=O) groups is 4. The van der Waals surface area contributed by atoms with Crippen LogP contribution < -0.4 is 10.9 Å². The summed E-state index contributed by atoms with van der Waals surface area (Å²) in [6.07, 6.45) is -7.92. The van der Waals surface area contributed by atoms with Gasteiger partial charge in [-0.2, -0.15) is 0 Å². The van der Waals surface area contributed by atoms with Crippen molar-refractivity contribution in [3.63, 3.8) is 0 Å². The number of ether oxygens (including phenoxy) is 3. The van der Waals surface area contributed by atoms with E-state index in [1.165, 1.54) is 4.73 Å². The first-order valence-electron chi connectivity index (χ1n) is 15.1. The van der Waals surface area contributed by atoms with Crippen LogP contribution in [0.5, 0.6) is 0 Å². The Hall–Kier alpha value is -4.15. The molecule has 4 amide bonds. The van der Waals surface area contributed by atoms with Gasteiger partial charge in [0.25, 0.3) is 5.91 Å². The summed E-state index contributed by atoms with van der Waals surface area (Å²) >= 11 is 0. The third-order valence-electron chi connectivity index (χ3n) is 6.91. The largest absolute Gasteiger partial charge is 0.522 e. The van der Waals surface area contributed by atoms with Gasteiger partial charge in [-0.3, -0.25) is 34.9 Å². The molecule has 16 heteroatoms. The molecular weight excluding hydrogens is 641 g/mol. The number of benzene rings is 2. The van der Waals surface area contributed by atoms with E-state index in [2.05, 4.69) is 15.6 Å². The molecule has 1 aliphatic rings. The Bertz CT molecular complexity index is 1330. The Morgan fingerprint density at radius 3 is 1.98 bits per heavy atom. The third-order valence-corrected chi connectivity index (χ3v) is 9.74. The minimum atomic E-state index is -4.80. The van der Waals surface area contributed by atoms with Gasteiger partial charge >= 0.3 is 18.5 Å². The van der Waals surface area contributed by atoms with E-state index in [1.807, 2.05) is 55.5 Å². The molecule has 0 aromatic heterocycles.